The van der Waals surface area contributed by atoms with Gasteiger partial charge in [-0.2, -0.15) is 0 Å². The lowest BCUT2D eigenvalue weighted by atomic mass is 9.94. The monoisotopic (exact) mass is 255 g/mol. The Labute approximate surface area is 112 Å². The summed E-state index contributed by atoms with van der Waals surface area (Å²) < 4.78 is 0. The lowest BCUT2D eigenvalue weighted by molar-refractivity contribution is 0.453. The van der Waals surface area contributed by atoms with Gasteiger partial charge in [-0.3, -0.25) is 0 Å². The summed E-state index contributed by atoms with van der Waals surface area (Å²) in [6, 6.07) is 7.74. The Balaban J connectivity index is 1.76. The molecule has 0 aliphatic carbocycles. The molecule has 1 aliphatic rings. The number of piperidine rings is 1. The summed E-state index contributed by atoms with van der Waals surface area (Å²) >= 11 is 0. The Morgan fingerprint density at radius 1 is 1.05 bits per heavy atom. The van der Waals surface area contributed by atoms with Gasteiger partial charge in [0.25, 0.3) is 0 Å². The van der Waals surface area contributed by atoms with Crippen LogP contribution in [-0.4, -0.2) is 28.0 Å². The van der Waals surface area contributed by atoms with Gasteiger partial charge in [0.2, 0.25) is 5.95 Å². The Bertz CT molecular complexity index is 522. The van der Waals surface area contributed by atoms with Crippen LogP contribution in [0.15, 0.2) is 36.7 Å². The van der Waals surface area contributed by atoms with Crippen molar-refractivity contribution >= 4 is 11.8 Å². The second-order valence-electron chi connectivity index (χ2n) is 4.67. The van der Waals surface area contributed by atoms with Crippen molar-refractivity contribution in [1.82, 2.24) is 20.3 Å². The second kappa shape index (κ2) is 5.75. The van der Waals surface area contributed by atoms with E-state index in [2.05, 4.69) is 25.6 Å². The van der Waals surface area contributed by atoms with E-state index in [4.69, 9.17) is 0 Å². The van der Waals surface area contributed by atoms with E-state index in [9.17, 15) is 0 Å². The van der Waals surface area contributed by atoms with Crippen molar-refractivity contribution in [1.29, 1.82) is 0 Å². The van der Waals surface area contributed by atoms with Crippen molar-refractivity contribution in [3.05, 3.63) is 42.4 Å². The highest BCUT2D eigenvalue weighted by atomic mass is 15.1. The van der Waals surface area contributed by atoms with Gasteiger partial charge in [0, 0.05) is 24.0 Å². The molecule has 5 nitrogen and oxygen atoms in total. The van der Waals surface area contributed by atoms with Crippen molar-refractivity contribution in [2.24, 2.45) is 0 Å². The van der Waals surface area contributed by atoms with Gasteiger partial charge in [0.1, 0.15) is 5.82 Å². The van der Waals surface area contributed by atoms with Crippen LogP contribution >= 0.6 is 0 Å². The van der Waals surface area contributed by atoms with Crippen LogP contribution in [0.3, 0.4) is 0 Å². The standard InChI is InChI=1S/C14H17N5/c1-2-7-16-13(3-1)19-14-17-10-6-12(18-14)11-4-8-15-9-5-11/h1-3,6-7,10-11,15H,4-5,8-9H2,(H,16,17,18,19). The average molecular weight is 255 g/mol. The molecular weight excluding hydrogens is 238 g/mol. The van der Waals surface area contributed by atoms with E-state index in [0.29, 0.717) is 11.9 Å². The fourth-order valence-electron chi connectivity index (χ4n) is 2.33. The van der Waals surface area contributed by atoms with Crippen LogP contribution in [0, 0.1) is 0 Å². The van der Waals surface area contributed by atoms with Crippen molar-refractivity contribution in [3.63, 3.8) is 0 Å². The number of nitrogens with zero attached hydrogens (tertiary/aromatic N) is 3. The molecule has 0 atom stereocenters. The second-order valence-corrected chi connectivity index (χ2v) is 4.67. The molecule has 5 heteroatoms. The van der Waals surface area contributed by atoms with Crippen molar-refractivity contribution in [3.8, 4) is 0 Å². The zero-order valence-corrected chi connectivity index (χ0v) is 10.7. The smallest absolute Gasteiger partial charge is 0.228 e. The fourth-order valence-corrected chi connectivity index (χ4v) is 2.33. The lowest BCUT2D eigenvalue weighted by Crippen LogP contribution is -2.27. The molecule has 2 aromatic rings. The van der Waals surface area contributed by atoms with Gasteiger partial charge in [-0.05, 0) is 44.1 Å². The third kappa shape index (κ3) is 3.06. The highest BCUT2D eigenvalue weighted by molar-refractivity contribution is 5.46. The summed E-state index contributed by atoms with van der Waals surface area (Å²) in [6.45, 7) is 2.13. The van der Waals surface area contributed by atoms with Gasteiger partial charge >= 0.3 is 0 Å². The van der Waals surface area contributed by atoms with Gasteiger partial charge in [-0.1, -0.05) is 6.07 Å². The minimum absolute atomic E-state index is 0.536. The number of nitrogens with one attached hydrogen (secondary N) is 2. The Kier molecular flexibility index (Phi) is 3.65. The summed E-state index contributed by atoms with van der Waals surface area (Å²) in [7, 11) is 0. The zero-order chi connectivity index (χ0) is 12.9. The van der Waals surface area contributed by atoms with E-state index in [1.165, 1.54) is 0 Å². The average Bonchev–Trinajstić information content (AvgIpc) is 2.49. The highest BCUT2D eigenvalue weighted by Crippen LogP contribution is 2.24. The maximum absolute atomic E-state index is 4.60. The van der Waals surface area contributed by atoms with E-state index in [1.54, 1.807) is 6.20 Å². The van der Waals surface area contributed by atoms with Gasteiger partial charge in [-0.15, -0.1) is 0 Å². The molecule has 19 heavy (non-hydrogen) atoms. The van der Waals surface area contributed by atoms with Crippen molar-refractivity contribution in [2.75, 3.05) is 18.4 Å². The summed E-state index contributed by atoms with van der Waals surface area (Å²) in [6.07, 6.45) is 5.84. The maximum Gasteiger partial charge on any atom is 0.228 e. The lowest BCUT2D eigenvalue weighted by Gasteiger charge is -2.22. The summed E-state index contributed by atoms with van der Waals surface area (Å²) in [4.78, 5) is 13.1. The topological polar surface area (TPSA) is 62.7 Å². The molecule has 0 spiro atoms. The SMILES string of the molecule is c1ccc(Nc2nccc(C3CCNCC3)n2)nc1. The first-order valence-electron chi connectivity index (χ1n) is 6.63. The first-order chi connectivity index (χ1) is 9.42. The van der Waals surface area contributed by atoms with Crippen LogP contribution in [-0.2, 0) is 0 Å². The molecule has 2 N–H and O–H groups in total. The number of aromatic nitrogens is 3. The Hall–Kier alpha value is -2.01. The minimum Gasteiger partial charge on any atom is -0.317 e. The molecule has 0 aromatic carbocycles. The predicted molar refractivity (Wildman–Crippen MR) is 74.4 cm³/mol. The quantitative estimate of drug-likeness (QED) is 0.879. The molecule has 1 aliphatic heterocycles. The molecule has 0 radical (unpaired) electrons. The van der Waals surface area contributed by atoms with Crippen LogP contribution in [0.2, 0.25) is 0 Å². The maximum atomic E-state index is 4.60. The van der Waals surface area contributed by atoms with E-state index >= 15 is 0 Å². The summed E-state index contributed by atoms with van der Waals surface area (Å²) in [5.41, 5.74) is 1.12. The molecule has 98 valence electrons. The van der Waals surface area contributed by atoms with Crippen LogP contribution in [0.1, 0.15) is 24.5 Å². The first-order valence-corrected chi connectivity index (χ1v) is 6.63. The van der Waals surface area contributed by atoms with Gasteiger partial charge in [-0.25, -0.2) is 15.0 Å². The Morgan fingerprint density at radius 3 is 2.74 bits per heavy atom. The molecule has 3 heterocycles. The molecule has 1 fully saturated rings. The number of rotatable bonds is 3. The first kappa shape index (κ1) is 12.0. The molecule has 0 unspecified atom stereocenters. The molecule has 0 saturated carbocycles. The van der Waals surface area contributed by atoms with Crippen molar-refractivity contribution < 1.29 is 0 Å². The third-order valence-corrected chi connectivity index (χ3v) is 3.34. The van der Waals surface area contributed by atoms with Crippen LogP contribution in [0.5, 0.6) is 0 Å². The molecule has 2 aromatic heterocycles. The number of anilines is 2. The Morgan fingerprint density at radius 2 is 1.95 bits per heavy atom. The third-order valence-electron chi connectivity index (χ3n) is 3.34. The zero-order valence-electron chi connectivity index (χ0n) is 10.7. The fraction of sp³-hybridized carbons (Fsp3) is 0.357. The van der Waals surface area contributed by atoms with Gasteiger partial charge < -0.3 is 10.6 Å². The largest absolute Gasteiger partial charge is 0.317 e. The van der Waals surface area contributed by atoms with E-state index in [1.807, 2.05) is 30.5 Å². The van der Waals surface area contributed by atoms with Gasteiger partial charge in [0.05, 0.1) is 0 Å². The van der Waals surface area contributed by atoms with Crippen LogP contribution < -0.4 is 10.6 Å². The predicted octanol–water partition coefficient (Wildman–Crippen LogP) is 2.08. The number of pyridine rings is 1. The van der Waals surface area contributed by atoms with Crippen LogP contribution in [0.25, 0.3) is 0 Å². The molecule has 0 bridgehead atoms. The van der Waals surface area contributed by atoms with Crippen LogP contribution in [0.4, 0.5) is 11.8 Å². The van der Waals surface area contributed by atoms with E-state index in [-0.39, 0.29) is 0 Å². The minimum atomic E-state index is 0.536. The molecular formula is C14H17N5. The van der Waals surface area contributed by atoms with Crippen molar-refractivity contribution in [2.45, 2.75) is 18.8 Å². The number of hydrogen-bond acceptors (Lipinski definition) is 5. The van der Waals surface area contributed by atoms with E-state index < -0.39 is 0 Å². The highest BCUT2D eigenvalue weighted by Gasteiger charge is 2.16. The summed E-state index contributed by atoms with van der Waals surface area (Å²) in [5, 5.41) is 6.50. The van der Waals surface area contributed by atoms with Gasteiger partial charge in [0.15, 0.2) is 0 Å². The summed E-state index contributed by atoms with van der Waals surface area (Å²) in [5.74, 6) is 1.92. The molecule has 3 rings (SSSR count). The number of hydrogen-bond donors (Lipinski definition) is 2. The van der Waals surface area contributed by atoms with E-state index in [0.717, 1.165) is 37.4 Å². The molecule has 1 saturated heterocycles. The normalized spacial score (nSPS) is 16.2. The molecule has 0 amide bonds.